The zero-order chi connectivity index (χ0) is 17.5. The normalized spacial score (nSPS) is 11.6. The predicted molar refractivity (Wildman–Crippen MR) is 98.9 cm³/mol. The van der Waals surface area contributed by atoms with E-state index in [1.54, 1.807) is 12.1 Å². The lowest BCUT2D eigenvalue weighted by molar-refractivity contribution is -0.145. The fourth-order valence-electron chi connectivity index (χ4n) is 2.04. The number of carbonyl (C=O) groups is 2. The second-order valence-electron chi connectivity index (χ2n) is 5.18. The molecule has 0 bridgehead atoms. The molecule has 2 rings (SSSR count). The van der Waals surface area contributed by atoms with E-state index >= 15 is 0 Å². The van der Waals surface area contributed by atoms with Gasteiger partial charge in [-0.3, -0.25) is 4.79 Å². The van der Waals surface area contributed by atoms with Gasteiger partial charge in [0.2, 0.25) is 5.91 Å². The Morgan fingerprint density at radius 3 is 2.33 bits per heavy atom. The molecule has 0 aromatic heterocycles. The molecule has 2 aromatic rings. The number of ether oxygens (including phenoxy) is 1. The van der Waals surface area contributed by atoms with Gasteiger partial charge in [0.05, 0.1) is 12.9 Å². The number of hydrogen-bond acceptors (Lipinski definition) is 4. The molecule has 1 atom stereocenters. The molecule has 1 N–H and O–H groups in total. The first-order chi connectivity index (χ1) is 11.5. The molecule has 0 saturated heterocycles. The molecule has 24 heavy (non-hydrogen) atoms. The fourth-order valence-corrected chi connectivity index (χ4v) is 3.01. The molecule has 0 aliphatic carbocycles. The highest BCUT2D eigenvalue weighted by Crippen LogP contribution is 2.20. The van der Waals surface area contributed by atoms with Gasteiger partial charge in [0.1, 0.15) is 0 Å². The van der Waals surface area contributed by atoms with Crippen molar-refractivity contribution in [2.24, 2.45) is 0 Å². The summed E-state index contributed by atoms with van der Waals surface area (Å²) in [6.07, 6.45) is 0. The maximum atomic E-state index is 12.2. The number of rotatable bonds is 6. The van der Waals surface area contributed by atoms with Crippen LogP contribution in [0.1, 0.15) is 17.2 Å². The van der Waals surface area contributed by atoms with E-state index in [0.717, 1.165) is 9.37 Å². The Hall–Kier alpha value is -1.79. The summed E-state index contributed by atoms with van der Waals surface area (Å²) in [5.41, 5.74) is 1.85. The average molecular weight is 408 g/mol. The lowest BCUT2D eigenvalue weighted by atomic mass is 10.1. The lowest BCUT2D eigenvalue weighted by Gasteiger charge is -2.17. The zero-order valence-corrected chi connectivity index (χ0v) is 15.8. The van der Waals surface area contributed by atoms with Gasteiger partial charge >= 0.3 is 5.97 Å². The lowest BCUT2D eigenvalue weighted by Crippen LogP contribution is -2.35. The SMILES string of the molecule is COC(=O)C(NC(=O)CSc1ccc(C)cc1)c1ccc(Br)cc1. The van der Waals surface area contributed by atoms with Crippen molar-refractivity contribution in [3.05, 3.63) is 64.1 Å². The van der Waals surface area contributed by atoms with Crippen LogP contribution in [0, 0.1) is 6.92 Å². The summed E-state index contributed by atoms with van der Waals surface area (Å²) in [4.78, 5) is 25.2. The van der Waals surface area contributed by atoms with Crippen molar-refractivity contribution in [3.63, 3.8) is 0 Å². The maximum absolute atomic E-state index is 12.2. The molecule has 6 heteroatoms. The van der Waals surface area contributed by atoms with Crippen LogP contribution in [0.5, 0.6) is 0 Å². The first-order valence-electron chi connectivity index (χ1n) is 7.31. The molecule has 2 aromatic carbocycles. The van der Waals surface area contributed by atoms with E-state index in [9.17, 15) is 9.59 Å². The fraction of sp³-hybridized carbons (Fsp3) is 0.222. The molecule has 0 aliphatic rings. The van der Waals surface area contributed by atoms with Gasteiger partial charge < -0.3 is 10.1 Å². The molecule has 0 spiro atoms. The van der Waals surface area contributed by atoms with Crippen molar-refractivity contribution in [3.8, 4) is 0 Å². The Morgan fingerprint density at radius 2 is 1.75 bits per heavy atom. The molecule has 0 fully saturated rings. The van der Waals surface area contributed by atoms with Crippen molar-refractivity contribution < 1.29 is 14.3 Å². The Labute approximate surface area is 154 Å². The highest BCUT2D eigenvalue weighted by molar-refractivity contribution is 9.10. The van der Waals surface area contributed by atoms with Crippen molar-refractivity contribution in [1.82, 2.24) is 5.32 Å². The van der Waals surface area contributed by atoms with Gasteiger partial charge in [0, 0.05) is 9.37 Å². The third-order valence-corrected chi connectivity index (χ3v) is 4.88. The van der Waals surface area contributed by atoms with E-state index in [0.29, 0.717) is 5.56 Å². The average Bonchev–Trinajstić information content (AvgIpc) is 2.59. The minimum atomic E-state index is -0.811. The number of hydrogen-bond donors (Lipinski definition) is 1. The number of carbonyl (C=O) groups excluding carboxylic acids is 2. The number of amides is 1. The van der Waals surface area contributed by atoms with E-state index in [4.69, 9.17) is 4.74 Å². The van der Waals surface area contributed by atoms with Gasteiger partial charge in [-0.15, -0.1) is 11.8 Å². The van der Waals surface area contributed by atoms with Crippen LogP contribution in [-0.2, 0) is 14.3 Å². The van der Waals surface area contributed by atoms with Crippen molar-refractivity contribution in [1.29, 1.82) is 0 Å². The minimum Gasteiger partial charge on any atom is -0.467 e. The highest BCUT2D eigenvalue weighted by atomic mass is 79.9. The number of methoxy groups -OCH3 is 1. The Bertz CT molecular complexity index is 701. The van der Waals surface area contributed by atoms with Gasteiger partial charge in [-0.1, -0.05) is 45.8 Å². The topological polar surface area (TPSA) is 55.4 Å². The van der Waals surface area contributed by atoms with E-state index < -0.39 is 12.0 Å². The number of halogens is 1. The van der Waals surface area contributed by atoms with E-state index in [-0.39, 0.29) is 11.7 Å². The Balaban J connectivity index is 2.00. The summed E-state index contributed by atoms with van der Waals surface area (Å²) in [5.74, 6) is -0.488. The first kappa shape index (κ1) is 18.5. The van der Waals surface area contributed by atoms with Crippen LogP contribution < -0.4 is 5.32 Å². The van der Waals surface area contributed by atoms with Crippen molar-refractivity contribution >= 4 is 39.6 Å². The standard InChI is InChI=1S/C18H18BrNO3S/c1-12-3-9-15(10-4-12)24-11-16(21)20-17(18(22)23-2)13-5-7-14(19)8-6-13/h3-10,17H,11H2,1-2H3,(H,20,21). The number of thioether (sulfide) groups is 1. The molecule has 1 amide bonds. The summed E-state index contributed by atoms with van der Waals surface area (Å²) in [7, 11) is 1.31. The highest BCUT2D eigenvalue weighted by Gasteiger charge is 2.23. The molecule has 0 saturated carbocycles. The molecule has 0 heterocycles. The summed E-state index contributed by atoms with van der Waals surface area (Å²) in [6, 6.07) is 14.3. The van der Waals surface area contributed by atoms with Crippen LogP contribution in [0.4, 0.5) is 0 Å². The third kappa shape index (κ3) is 5.39. The van der Waals surface area contributed by atoms with Crippen LogP contribution in [-0.4, -0.2) is 24.7 Å². The Morgan fingerprint density at radius 1 is 1.12 bits per heavy atom. The van der Waals surface area contributed by atoms with Gasteiger partial charge in [0.25, 0.3) is 0 Å². The molecular formula is C18H18BrNO3S. The van der Waals surface area contributed by atoms with Gasteiger partial charge in [-0.05, 0) is 36.8 Å². The maximum Gasteiger partial charge on any atom is 0.333 e. The van der Waals surface area contributed by atoms with E-state index in [1.165, 1.54) is 24.4 Å². The molecule has 1 unspecified atom stereocenters. The first-order valence-corrected chi connectivity index (χ1v) is 9.09. The minimum absolute atomic E-state index is 0.223. The van der Waals surface area contributed by atoms with Gasteiger partial charge in [-0.25, -0.2) is 4.79 Å². The molecule has 126 valence electrons. The molecule has 4 nitrogen and oxygen atoms in total. The predicted octanol–water partition coefficient (Wildman–Crippen LogP) is 3.88. The zero-order valence-electron chi connectivity index (χ0n) is 13.4. The largest absolute Gasteiger partial charge is 0.467 e. The second kappa shape index (κ2) is 8.89. The quantitative estimate of drug-likeness (QED) is 0.582. The third-order valence-electron chi connectivity index (χ3n) is 3.34. The van der Waals surface area contributed by atoms with E-state index in [1.807, 2.05) is 43.3 Å². The van der Waals surface area contributed by atoms with Crippen LogP contribution in [0.25, 0.3) is 0 Å². The summed E-state index contributed by atoms with van der Waals surface area (Å²) in [5, 5.41) is 2.74. The number of nitrogens with one attached hydrogen (secondary N) is 1. The Kier molecular flexibility index (Phi) is 6.87. The second-order valence-corrected chi connectivity index (χ2v) is 7.14. The van der Waals surface area contributed by atoms with Crippen LogP contribution in [0.15, 0.2) is 57.9 Å². The van der Waals surface area contributed by atoms with Crippen molar-refractivity contribution in [2.45, 2.75) is 17.9 Å². The van der Waals surface area contributed by atoms with Crippen LogP contribution >= 0.6 is 27.7 Å². The number of esters is 1. The number of aryl methyl sites for hydroxylation is 1. The van der Waals surface area contributed by atoms with E-state index in [2.05, 4.69) is 21.2 Å². The molecular weight excluding hydrogens is 390 g/mol. The van der Waals surface area contributed by atoms with Crippen molar-refractivity contribution in [2.75, 3.05) is 12.9 Å². The van der Waals surface area contributed by atoms with Gasteiger partial charge in [0.15, 0.2) is 6.04 Å². The monoisotopic (exact) mass is 407 g/mol. The van der Waals surface area contributed by atoms with Crippen LogP contribution in [0.2, 0.25) is 0 Å². The summed E-state index contributed by atoms with van der Waals surface area (Å²) in [6.45, 7) is 2.01. The summed E-state index contributed by atoms with van der Waals surface area (Å²) >= 11 is 4.77. The smallest absolute Gasteiger partial charge is 0.333 e. The molecule has 0 aliphatic heterocycles. The summed E-state index contributed by atoms with van der Waals surface area (Å²) < 4.78 is 5.70. The number of benzene rings is 2. The molecule has 0 radical (unpaired) electrons. The van der Waals surface area contributed by atoms with Crippen LogP contribution in [0.3, 0.4) is 0 Å². The van der Waals surface area contributed by atoms with Gasteiger partial charge in [-0.2, -0.15) is 0 Å².